The highest BCUT2D eigenvalue weighted by atomic mass is 16.2. The van der Waals surface area contributed by atoms with Gasteiger partial charge in [0.05, 0.1) is 11.3 Å². The molecule has 0 atom stereocenters. The maximum Gasteiger partial charge on any atom is 0.253 e. The maximum atomic E-state index is 11.9. The highest BCUT2D eigenvalue weighted by molar-refractivity contribution is 6.07. The van der Waals surface area contributed by atoms with Crippen LogP contribution in [0.4, 0.5) is 5.69 Å². The molecule has 0 aliphatic heterocycles. The van der Waals surface area contributed by atoms with Crippen LogP contribution in [0.2, 0.25) is 0 Å². The number of amides is 2. The molecule has 0 heterocycles. The summed E-state index contributed by atoms with van der Waals surface area (Å²) >= 11 is 0. The van der Waals surface area contributed by atoms with Crippen molar-refractivity contribution >= 4 is 23.6 Å². The van der Waals surface area contributed by atoms with E-state index >= 15 is 0 Å². The van der Waals surface area contributed by atoms with Crippen LogP contribution in [-0.4, -0.2) is 18.9 Å². The predicted octanol–water partition coefficient (Wildman–Crippen LogP) is 2.70. The first-order valence-corrected chi connectivity index (χ1v) is 6.56. The highest BCUT2D eigenvalue weighted by Crippen LogP contribution is 2.15. The number of hydrogen-bond acceptors (Lipinski definition) is 2. The third kappa shape index (κ3) is 4.04. The average molecular weight is 280 g/mol. The molecule has 0 spiro atoms. The number of rotatable bonds is 4. The summed E-state index contributed by atoms with van der Waals surface area (Å²) in [5.41, 5.74) is 1.85. The van der Waals surface area contributed by atoms with Gasteiger partial charge in [-0.15, -0.1) is 0 Å². The van der Waals surface area contributed by atoms with Crippen molar-refractivity contribution in [1.82, 2.24) is 5.32 Å². The fraction of sp³-hybridized carbons (Fsp3) is 0.0588. The Morgan fingerprint density at radius 3 is 2.33 bits per heavy atom. The lowest BCUT2D eigenvalue weighted by Gasteiger charge is -2.08. The van der Waals surface area contributed by atoms with E-state index in [9.17, 15) is 9.59 Å². The van der Waals surface area contributed by atoms with Crippen LogP contribution in [0.25, 0.3) is 6.08 Å². The molecule has 2 rings (SSSR count). The normalized spacial score (nSPS) is 10.3. The molecular formula is C17H16N2O2. The van der Waals surface area contributed by atoms with Gasteiger partial charge in [0.25, 0.3) is 5.91 Å². The van der Waals surface area contributed by atoms with Crippen LogP contribution in [0.1, 0.15) is 15.9 Å². The van der Waals surface area contributed by atoms with Gasteiger partial charge in [-0.2, -0.15) is 0 Å². The number of nitrogens with one attached hydrogen (secondary N) is 2. The summed E-state index contributed by atoms with van der Waals surface area (Å²) in [7, 11) is 1.55. The van der Waals surface area contributed by atoms with E-state index in [1.165, 1.54) is 6.08 Å². The minimum absolute atomic E-state index is 0.238. The van der Waals surface area contributed by atoms with E-state index in [4.69, 9.17) is 0 Å². The zero-order valence-electron chi connectivity index (χ0n) is 11.7. The molecule has 0 saturated heterocycles. The van der Waals surface area contributed by atoms with E-state index in [2.05, 4.69) is 10.6 Å². The van der Waals surface area contributed by atoms with Crippen molar-refractivity contribution in [2.75, 3.05) is 12.4 Å². The number of para-hydroxylation sites is 1. The van der Waals surface area contributed by atoms with Gasteiger partial charge in [0.1, 0.15) is 0 Å². The molecule has 4 heteroatoms. The number of benzene rings is 2. The quantitative estimate of drug-likeness (QED) is 0.846. The second-order valence-corrected chi connectivity index (χ2v) is 4.36. The first-order chi connectivity index (χ1) is 10.2. The molecule has 0 unspecified atom stereocenters. The van der Waals surface area contributed by atoms with Gasteiger partial charge < -0.3 is 10.6 Å². The Morgan fingerprint density at radius 1 is 0.952 bits per heavy atom. The summed E-state index contributed by atoms with van der Waals surface area (Å²) in [5.74, 6) is -0.520. The molecule has 0 fully saturated rings. The van der Waals surface area contributed by atoms with Gasteiger partial charge in [-0.1, -0.05) is 42.5 Å². The summed E-state index contributed by atoms with van der Waals surface area (Å²) < 4.78 is 0. The van der Waals surface area contributed by atoms with Gasteiger partial charge in [-0.25, -0.2) is 0 Å². The number of hydrogen-bond donors (Lipinski definition) is 2. The molecule has 0 saturated carbocycles. The predicted molar refractivity (Wildman–Crippen MR) is 83.9 cm³/mol. The smallest absolute Gasteiger partial charge is 0.253 e. The van der Waals surface area contributed by atoms with Gasteiger partial charge in [0.15, 0.2) is 0 Å². The highest BCUT2D eigenvalue weighted by Gasteiger charge is 2.10. The summed E-state index contributed by atoms with van der Waals surface area (Å²) in [6.07, 6.45) is 3.16. The van der Waals surface area contributed by atoms with Crippen molar-refractivity contribution in [2.24, 2.45) is 0 Å². The molecule has 0 aliphatic rings. The number of anilines is 1. The molecule has 4 nitrogen and oxygen atoms in total. The standard InChI is InChI=1S/C17H16N2O2/c1-18-17(21)14-9-5-6-10-15(14)19-16(20)12-11-13-7-3-2-4-8-13/h2-12H,1H3,(H,18,21)(H,19,20). The third-order valence-corrected chi connectivity index (χ3v) is 2.88. The van der Waals surface area contributed by atoms with Crippen LogP contribution in [0, 0.1) is 0 Å². The van der Waals surface area contributed by atoms with Gasteiger partial charge in [-0.05, 0) is 23.8 Å². The lowest BCUT2D eigenvalue weighted by Crippen LogP contribution is -2.20. The monoisotopic (exact) mass is 280 g/mol. The fourth-order valence-electron chi connectivity index (χ4n) is 1.84. The molecule has 2 aromatic carbocycles. The summed E-state index contributed by atoms with van der Waals surface area (Å²) in [4.78, 5) is 23.6. The Morgan fingerprint density at radius 2 is 1.62 bits per heavy atom. The number of carbonyl (C=O) groups is 2. The molecular weight excluding hydrogens is 264 g/mol. The minimum atomic E-state index is -0.282. The second-order valence-electron chi connectivity index (χ2n) is 4.36. The van der Waals surface area contributed by atoms with Crippen molar-refractivity contribution in [1.29, 1.82) is 0 Å². The Balaban J connectivity index is 2.10. The fourth-order valence-corrected chi connectivity index (χ4v) is 1.84. The lowest BCUT2D eigenvalue weighted by molar-refractivity contribution is -0.111. The van der Waals surface area contributed by atoms with Crippen LogP contribution in [0.5, 0.6) is 0 Å². The van der Waals surface area contributed by atoms with Crippen molar-refractivity contribution in [2.45, 2.75) is 0 Å². The van der Waals surface area contributed by atoms with Crippen LogP contribution in [0.15, 0.2) is 60.7 Å². The van der Waals surface area contributed by atoms with E-state index in [0.717, 1.165) is 5.56 Å². The van der Waals surface area contributed by atoms with Crippen molar-refractivity contribution in [3.8, 4) is 0 Å². The first-order valence-electron chi connectivity index (χ1n) is 6.56. The third-order valence-electron chi connectivity index (χ3n) is 2.88. The Hall–Kier alpha value is -2.88. The van der Waals surface area contributed by atoms with E-state index in [0.29, 0.717) is 11.3 Å². The Bertz CT molecular complexity index is 664. The Kier molecular flexibility index (Phi) is 4.88. The summed E-state index contributed by atoms with van der Waals surface area (Å²) in [5, 5.41) is 5.25. The zero-order chi connectivity index (χ0) is 15.1. The number of carbonyl (C=O) groups excluding carboxylic acids is 2. The molecule has 2 amide bonds. The van der Waals surface area contributed by atoms with Crippen molar-refractivity contribution in [3.05, 3.63) is 71.8 Å². The molecule has 0 aliphatic carbocycles. The van der Waals surface area contributed by atoms with Crippen LogP contribution in [0.3, 0.4) is 0 Å². The van der Waals surface area contributed by atoms with Crippen LogP contribution >= 0.6 is 0 Å². The molecule has 0 radical (unpaired) electrons. The topological polar surface area (TPSA) is 58.2 Å². The minimum Gasteiger partial charge on any atom is -0.355 e. The molecule has 106 valence electrons. The van der Waals surface area contributed by atoms with Crippen LogP contribution < -0.4 is 10.6 Å². The van der Waals surface area contributed by atoms with Crippen molar-refractivity contribution in [3.63, 3.8) is 0 Å². The molecule has 2 N–H and O–H groups in total. The van der Waals surface area contributed by atoms with Gasteiger partial charge >= 0.3 is 0 Å². The maximum absolute atomic E-state index is 11.9. The van der Waals surface area contributed by atoms with Gasteiger partial charge in [0, 0.05) is 13.1 Å². The first kappa shape index (κ1) is 14.5. The van der Waals surface area contributed by atoms with Gasteiger partial charge in [0.2, 0.25) is 5.91 Å². The van der Waals surface area contributed by atoms with Crippen LogP contribution in [-0.2, 0) is 4.79 Å². The lowest BCUT2D eigenvalue weighted by atomic mass is 10.1. The molecule has 0 aromatic heterocycles. The van der Waals surface area contributed by atoms with Gasteiger partial charge in [-0.3, -0.25) is 9.59 Å². The van der Waals surface area contributed by atoms with Crippen molar-refractivity contribution < 1.29 is 9.59 Å². The SMILES string of the molecule is CNC(=O)c1ccccc1NC(=O)C=Cc1ccccc1. The summed E-state index contributed by atoms with van der Waals surface area (Å²) in [6.45, 7) is 0. The van der Waals surface area contributed by atoms with E-state index in [-0.39, 0.29) is 11.8 Å². The molecule has 2 aromatic rings. The zero-order valence-corrected chi connectivity index (χ0v) is 11.7. The van der Waals surface area contributed by atoms with E-state index < -0.39 is 0 Å². The largest absolute Gasteiger partial charge is 0.355 e. The van der Waals surface area contributed by atoms with E-state index in [1.807, 2.05) is 30.3 Å². The molecule has 0 bridgehead atoms. The average Bonchev–Trinajstić information content (AvgIpc) is 2.54. The summed E-state index contributed by atoms with van der Waals surface area (Å²) in [6, 6.07) is 16.4. The second kappa shape index (κ2) is 7.05. The van der Waals surface area contributed by atoms with E-state index in [1.54, 1.807) is 37.4 Å². The molecule has 21 heavy (non-hydrogen) atoms. The Labute approximate surface area is 123 Å².